The molecule has 27 heavy (non-hydrogen) atoms. The SMILES string of the molecule is Cc1n[nH]c2ccc(-c3cnc(NC[C@H](N)Cc4ccc(Cl)cc4)s3)cc12. The van der Waals surface area contributed by atoms with E-state index in [4.69, 9.17) is 17.3 Å². The van der Waals surface area contributed by atoms with Gasteiger partial charge in [-0.15, -0.1) is 0 Å². The average molecular weight is 398 g/mol. The topological polar surface area (TPSA) is 79.6 Å². The van der Waals surface area contributed by atoms with Gasteiger partial charge in [0, 0.05) is 29.2 Å². The molecule has 0 spiro atoms. The number of fused-ring (bicyclic) bond motifs is 1. The molecule has 0 aliphatic heterocycles. The molecule has 4 aromatic rings. The lowest BCUT2D eigenvalue weighted by Crippen LogP contribution is -2.31. The van der Waals surface area contributed by atoms with Crippen molar-refractivity contribution in [2.75, 3.05) is 11.9 Å². The summed E-state index contributed by atoms with van der Waals surface area (Å²) in [4.78, 5) is 5.60. The minimum atomic E-state index is 0.00320. The molecule has 0 aliphatic carbocycles. The fourth-order valence-electron chi connectivity index (χ4n) is 3.00. The van der Waals surface area contributed by atoms with Crippen LogP contribution < -0.4 is 11.1 Å². The predicted octanol–water partition coefficient (Wildman–Crippen LogP) is 4.63. The van der Waals surface area contributed by atoms with Crippen LogP contribution in [0.2, 0.25) is 5.02 Å². The number of nitrogens with one attached hydrogen (secondary N) is 2. The van der Waals surface area contributed by atoms with Crippen molar-refractivity contribution in [1.29, 1.82) is 0 Å². The van der Waals surface area contributed by atoms with Crippen LogP contribution >= 0.6 is 22.9 Å². The second kappa shape index (κ2) is 7.68. The van der Waals surface area contributed by atoms with Gasteiger partial charge in [0.2, 0.25) is 0 Å². The van der Waals surface area contributed by atoms with Gasteiger partial charge in [-0.3, -0.25) is 5.10 Å². The van der Waals surface area contributed by atoms with E-state index in [9.17, 15) is 0 Å². The van der Waals surface area contributed by atoms with Gasteiger partial charge in [-0.25, -0.2) is 4.98 Å². The van der Waals surface area contributed by atoms with Crippen LogP contribution in [0.1, 0.15) is 11.3 Å². The number of nitrogens with zero attached hydrogens (tertiary/aromatic N) is 2. The number of nitrogens with two attached hydrogens (primary N) is 1. The third kappa shape index (κ3) is 4.13. The summed E-state index contributed by atoms with van der Waals surface area (Å²) in [7, 11) is 0. The standard InChI is InChI=1S/C20H20ClN5S/c1-12-17-9-14(4-7-18(17)26-25-12)19-11-24-20(27-19)23-10-16(22)8-13-2-5-15(21)6-3-13/h2-7,9,11,16H,8,10,22H2,1H3,(H,23,24)(H,25,26)/t16-/m1/s1. The second-order valence-corrected chi connectivity index (χ2v) is 8.04. The van der Waals surface area contributed by atoms with Crippen molar-refractivity contribution in [3.8, 4) is 10.4 Å². The van der Waals surface area contributed by atoms with Crippen molar-refractivity contribution in [2.45, 2.75) is 19.4 Å². The predicted molar refractivity (Wildman–Crippen MR) is 114 cm³/mol. The number of anilines is 1. The van der Waals surface area contributed by atoms with Gasteiger partial charge in [-0.05, 0) is 48.7 Å². The minimum Gasteiger partial charge on any atom is -0.360 e. The van der Waals surface area contributed by atoms with E-state index in [1.54, 1.807) is 11.3 Å². The summed E-state index contributed by atoms with van der Waals surface area (Å²) in [5.41, 5.74) is 10.6. The lowest BCUT2D eigenvalue weighted by Gasteiger charge is -2.12. The molecule has 0 unspecified atom stereocenters. The lowest BCUT2D eigenvalue weighted by atomic mass is 10.1. The maximum Gasteiger partial charge on any atom is 0.183 e. The van der Waals surface area contributed by atoms with E-state index >= 15 is 0 Å². The first kappa shape index (κ1) is 18.0. The van der Waals surface area contributed by atoms with Crippen LogP contribution in [0.25, 0.3) is 21.3 Å². The number of hydrogen-bond donors (Lipinski definition) is 3. The van der Waals surface area contributed by atoms with Crippen molar-refractivity contribution in [1.82, 2.24) is 15.2 Å². The first-order valence-corrected chi connectivity index (χ1v) is 9.93. The van der Waals surface area contributed by atoms with Gasteiger partial charge < -0.3 is 11.1 Å². The van der Waals surface area contributed by atoms with Gasteiger partial charge in [-0.2, -0.15) is 5.10 Å². The number of thiazole rings is 1. The van der Waals surface area contributed by atoms with E-state index in [-0.39, 0.29) is 6.04 Å². The van der Waals surface area contributed by atoms with Crippen LogP contribution in [0.4, 0.5) is 5.13 Å². The van der Waals surface area contributed by atoms with E-state index in [1.807, 2.05) is 37.4 Å². The van der Waals surface area contributed by atoms with Gasteiger partial charge in [0.05, 0.1) is 16.1 Å². The minimum absolute atomic E-state index is 0.00320. The first-order valence-electron chi connectivity index (χ1n) is 8.73. The Kier molecular flexibility index (Phi) is 5.11. The number of halogens is 1. The molecule has 0 aliphatic rings. The molecule has 4 rings (SSSR count). The fraction of sp³-hybridized carbons (Fsp3) is 0.200. The largest absolute Gasteiger partial charge is 0.360 e. The summed E-state index contributed by atoms with van der Waals surface area (Å²) in [5, 5.41) is 13.4. The second-order valence-electron chi connectivity index (χ2n) is 6.57. The van der Waals surface area contributed by atoms with Crippen LogP contribution in [-0.4, -0.2) is 27.8 Å². The Morgan fingerprint density at radius 3 is 2.85 bits per heavy atom. The van der Waals surface area contributed by atoms with E-state index < -0.39 is 0 Å². The van der Waals surface area contributed by atoms with Gasteiger partial charge in [-0.1, -0.05) is 41.1 Å². The third-order valence-electron chi connectivity index (χ3n) is 4.47. The van der Waals surface area contributed by atoms with Gasteiger partial charge in [0.15, 0.2) is 5.13 Å². The molecule has 2 heterocycles. The lowest BCUT2D eigenvalue weighted by molar-refractivity contribution is 0.699. The van der Waals surface area contributed by atoms with Crippen molar-refractivity contribution in [3.63, 3.8) is 0 Å². The van der Waals surface area contributed by atoms with Crippen molar-refractivity contribution in [2.24, 2.45) is 5.73 Å². The van der Waals surface area contributed by atoms with Crippen LogP contribution in [0.3, 0.4) is 0 Å². The Labute approximate surface area is 166 Å². The monoisotopic (exact) mass is 397 g/mol. The van der Waals surface area contributed by atoms with Gasteiger partial charge in [0.1, 0.15) is 0 Å². The normalized spacial score (nSPS) is 12.4. The molecule has 5 nitrogen and oxygen atoms in total. The summed E-state index contributed by atoms with van der Waals surface area (Å²) >= 11 is 7.55. The Balaban J connectivity index is 1.40. The molecule has 2 aromatic heterocycles. The molecule has 0 saturated heterocycles. The summed E-state index contributed by atoms with van der Waals surface area (Å²) in [6, 6.07) is 14.1. The molecule has 2 aromatic carbocycles. The first-order chi connectivity index (χ1) is 13.1. The number of benzene rings is 2. The molecule has 7 heteroatoms. The Morgan fingerprint density at radius 2 is 2.04 bits per heavy atom. The maximum atomic E-state index is 6.25. The molecule has 138 valence electrons. The van der Waals surface area contributed by atoms with Crippen molar-refractivity contribution < 1.29 is 0 Å². The molecule has 0 amide bonds. The van der Waals surface area contributed by atoms with E-state index in [1.165, 1.54) is 5.56 Å². The zero-order valence-electron chi connectivity index (χ0n) is 14.9. The van der Waals surface area contributed by atoms with Crippen LogP contribution in [0, 0.1) is 6.92 Å². The Bertz CT molecular complexity index is 1050. The smallest absolute Gasteiger partial charge is 0.183 e. The molecule has 0 radical (unpaired) electrons. The molecule has 0 fully saturated rings. The van der Waals surface area contributed by atoms with Crippen molar-refractivity contribution in [3.05, 3.63) is 64.9 Å². The highest BCUT2D eigenvalue weighted by Gasteiger charge is 2.09. The number of rotatable bonds is 6. The summed E-state index contributed by atoms with van der Waals surface area (Å²) in [6.45, 7) is 2.67. The molecule has 1 atom stereocenters. The summed E-state index contributed by atoms with van der Waals surface area (Å²) < 4.78 is 0. The van der Waals surface area contributed by atoms with Gasteiger partial charge >= 0.3 is 0 Å². The molecule has 0 saturated carbocycles. The van der Waals surface area contributed by atoms with Gasteiger partial charge in [0.25, 0.3) is 0 Å². The number of aromatic amines is 1. The molecule has 4 N–H and O–H groups in total. The van der Waals surface area contributed by atoms with E-state index in [0.29, 0.717) is 6.54 Å². The number of aromatic nitrogens is 3. The average Bonchev–Trinajstić information content (AvgIpc) is 3.29. The fourth-order valence-corrected chi connectivity index (χ4v) is 3.95. The number of H-pyrrole nitrogens is 1. The van der Waals surface area contributed by atoms with Crippen molar-refractivity contribution >= 4 is 39.0 Å². The zero-order chi connectivity index (χ0) is 18.8. The van der Waals surface area contributed by atoms with Crippen LogP contribution in [0.5, 0.6) is 0 Å². The maximum absolute atomic E-state index is 6.25. The summed E-state index contributed by atoms with van der Waals surface area (Å²) in [6.07, 6.45) is 2.69. The highest BCUT2D eigenvalue weighted by Crippen LogP contribution is 2.31. The molecular formula is C20H20ClN5S. The van der Waals surface area contributed by atoms with Crippen LogP contribution in [-0.2, 0) is 6.42 Å². The van der Waals surface area contributed by atoms with E-state index in [2.05, 4.69) is 38.7 Å². The van der Waals surface area contributed by atoms with E-state index in [0.717, 1.165) is 43.6 Å². The molecular weight excluding hydrogens is 378 g/mol. The molecule has 0 bridgehead atoms. The number of hydrogen-bond acceptors (Lipinski definition) is 5. The Hall–Kier alpha value is -2.41. The summed E-state index contributed by atoms with van der Waals surface area (Å²) in [5.74, 6) is 0. The Morgan fingerprint density at radius 1 is 1.22 bits per heavy atom. The highest BCUT2D eigenvalue weighted by atomic mass is 35.5. The zero-order valence-corrected chi connectivity index (χ0v) is 16.4. The highest BCUT2D eigenvalue weighted by molar-refractivity contribution is 7.18. The third-order valence-corrected chi connectivity index (χ3v) is 5.73. The quantitative estimate of drug-likeness (QED) is 0.443. The number of aryl methyl sites for hydroxylation is 1. The van der Waals surface area contributed by atoms with Crippen LogP contribution in [0.15, 0.2) is 48.7 Å².